The Balaban J connectivity index is 1.78. The van der Waals surface area contributed by atoms with Crippen molar-refractivity contribution in [2.24, 2.45) is 0 Å². The fourth-order valence-corrected chi connectivity index (χ4v) is 3.51. The zero-order chi connectivity index (χ0) is 21.9. The van der Waals surface area contributed by atoms with Gasteiger partial charge in [-0.3, -0.25) is 15.4 Å². The Morgan fingerprint density at radius 3 is 2.37 bits per heavy atom. The third-order valence-corrected chi connectivity index (χ3v) is 5.35. The molecule has 0 aliphatic heterocycles. The van der Waals surface area contributed by atoms with Crippen LogP contribution in [-0.2, 0) is 14.3 Å². The van der Waals surface area contributed by atoms with Gasteiger partial charge in [-0.15, -0.1) is 0 Å². The Bertz CT molecular complexity index is 1230. The largest absolute Gasteiger partial charge is 0.427 e. The van der Waals surface area contributed by atoms with Crippen molar-refractivity contribution in [3.63, 3.8) is 0 Å². The van der Waals surface area contributed by atoms with E-state index in [4.69, 9.17) is 0 Å². The number of nitro groups is 1. The summed E-state index contributed by atoms with van der Waals surface area (Å²) in [5, 5.41) is 13.0. The highest BCUT2D eigenvalue weighted by Gasteiger charge is 2.21. The number of hydrogen-bond acceptors (Lipinski definition) is 6. The molecule has 10 heteroatoms. The molecule has 0 atom stereocenters. The summed E-state index contributed by atoms with van der Waals surface area (Å²) in [5.41, 5.74) is 1.43. The second-order valence-electron chi connectivity index (χ2n) is 6.24. The molecule has 0 fully saturated rings. The van der Waals surface area contributed by atoms with Crippen LogP contribution in [0, 0.1) is 22.9 Å². The van der Waals surface area contributed by atoms with E-state index in [1.165, 1.54) is 67.6 Å². The summed E-state index contributed by atoms with van der Waals surface area (Å²) in [4.78, 5) is 22.0. The second-order valence-corrected chi connectivity index (χ2v) is 7.79. The SMILES string of the molecule is Cc1cc([N+](=O)[O-])ccc1NC(=O)OS(=O)(=O)c1cccc(-c2ccc(F)cc2)c1. The lowest BCUT2D eigenvalue weighted by Crippen LogP contribution is -2.19. The van der Waals surface area contributed by atoms with Crippen LogP contribution in [0.15, 0.2) is 71.6 Å². The van der Waals surface area contributed by atoms with Gasteiger partial charge >= 0.3 is 16.2 Å². The lowest BCUT2D eigenvalue weighted by atomic mass is 10.1. The summed E-state index contributed by atoms with van der Waals surface area (Å²) in [5.74, 6) is -0.427. The number of carbonyl (C=O) groups excluding carboxylic acids is 1. The molecule has 0 saturated carbocycles. The molecule has 3 aromatic rings. The minimum absolute atomic E-state index is 0.167. The van der Waals surface area contributed by atoms with Crippen LogP contribution in [0.25, 0.3) is 11.1 Å². The zero-order valence-electron chi connectivity index (χ0n) is 15.5. The average molecular weight is 430 g/mol. The fraction of sp³-hybridized carbons (Fsp3) is 0.0500. The minimum Gasteiger partial charge on any atom is -0.324 e. The van der Waals surface area contributed by atoms with Crippen LogP contribution < -0.4 is 5.32 Å². The number of amides is 1. The first-order valence-corrected chi connectivity index (χ1v) is 9.93. The molecule has 0 spiro atoms. The first-order chi connectivity index (χ1) is 14.2. The van der Waals surface area contributed by atoms with Gasteiger partial charge in [-0.2, -0.15) is 8.42 Å². The molecule has 30 heavy (non-hydrogen) atoms. The number of carbonyl (C=O) groups is 1. The molecule has 0 radical (unpaired) electrons. The smallest absolute Gasteiger partial charge is 0.324 e. The van der Waals surface area contributed by atoms with Crippen LogP contribution in [0.5, 0.6) is 0 Å². The maximum absolute atomic E-state index is 13.1. The first kappa shape index (κ1) is 20.9. The second kappa shape index (κ2) is 8.29. The molecule has 0 heterocycles. The van der Waals surface area contributed by atoms with Gasteiger partial charge in [0.05, 0.1) is 4.92 Å². The van der Waals surface area contributed by atoms with Gasteiger partial charge in [-0.1, -0.05) is 24.3 Å². The van der Waals surface area contributed by atoms with Crippen molar-refractivity contribution in [2.45, 2.75) is 11.8 Å². The predicted octanol–water partition coefficient (Wildman–Crippen LogP) is 4.65. The van der Waals surface area contributed by atoms with Gasteiger partial charge in [0, 0.05) is 17.8 Å². The molecule has 154 valence electrons. The van der Waals surface area contributed by atoms with Gasteiger partial charge in [-0.25, -0.2) is 9.18 Å². The molecular formula is C20H15FN2O6S. The highest BCUT2D eigenvalue weighted by atomic mass is 32.2. The monoisotopic (exact) mass is 430 g/mol. The van der Waals surface area contributed by atoms with Crippen molar-refractivity contribution in [3.8, 4) is 11.1 Å². The number of nitro benzene ring substituents is 1. The molecule has 0 saturated heterocycles. The third-order valence-electron chi connectivity index (χ3n) is 4.14. The Hall–Kier alpha value is -3.79. The number of hydrogen-bond donors (Lipinski definition) is 1. The third kappa shape index (κ3) is 4.78. The van der Waals surface area contributed by atoms with E-state index in [2.05, 4.69) is 9.50 Å². The number of nitrogens with zero attached hydrogens (tertiary/aromatic N) is 1. The number of rotatable bonds is 5. The van der Waals surface area contributed by atoms with Gasteiger partial charge in [0.2, 0.25) is 0 Å². The number of nitrogens with one attached hydrogen (secondary N) is 1. The maximum Gasteiger partial charge on any atom is 0.427 e. The number of halogens is 1. The number of aryl methyl sites for hydroxylation is 1. The van der Waals surface area contributed by atoms with Gasteiger partial charge in [0.1, 0.15) is 10.7 Å². The first-order valence-electron chi connectivity index (χ1n) is 8.52. The van der Waals surface area contributed by atoms with E-state index in [0.717, 1.165) is 0 Å². The molecule has 0 unspecified atom stereocenters. The predicted molar refractivity (Wildman–Crippen MR) is 107 cm³/mol. The molecule has 1 N–H and O–H groups in total. The van der Waals surface area contributed by atoms with E-state index >= 15 is 0 Å². The van der Waals surface area contributed by atoms with Crippen molar-refractivity contribution in [1.82, 2.24) is 0 Å². The van der Waals surface area contributed by atoms with E-state index in [1.807, 2.05) is 0 Å². The van der Waals surface area contributed by atoms with Crippen molar-refractivity contribution < 1.29 is 26.7 Å². The standard InChI is InChI=1S/C20H15FN2O6S/c1-13-11-17(23(25)26)9-10-19(13)22-20(24)29-30(27,28)18-4-2-3-15(12-18)14-5-7-16(21)8-6-14/h2-12H,1H3,(H,22,24). The van der Waals surface area contributed by atoms with Crippen molar-refractivity contribution >= 4 is 27.6 Å². The van der Waals surface area contributed by atoms with Crippen LogP contribution in [0.2, 0.25) is 0 Å². The van der Waals surface area contributed by atoms with Crippen LogP contribution in [0.4, 0.5) is 20.6 Å². The van der Waals surface area contributed by atoms with Gasteiger partial charge in [-0.05, 0) is 53.9 Å². The van der Waals surface area contributed by atoms with Gasteiger partial charge < -0.3 is 4.18 Å². The Morgan fingerprint density at radius 1 is 1.03 bits per heavy atom. The number of non-ortho nitro benzene ring substituents is 1. The summed E-state index contributed by atoms with van der Waals surface area (Å²) in [6.07, 6.45) is -1.26. The molecule has 3 aromatic carbocycles. The molecule has 3 rings (SSSR count). The molecule has 0 aliphatic rings. The van der Waals surface area contributed by atoms with Gasteiger partial charge in [0.25, 0.3) is 5.69 Å². The van der Waals surface area contributed by atoms with Crippen LogP contribution in [0.3, 0.4) is 0 Å². The maximum atomic E-state index is 13.1. The van der Waals surface area contributed by atoms with Crippen molar-refractivity contribution in [3.05, 3.63) is 88.2 Å². The molecule has 8 nitrogen and oxygen atoms in total. The van der Waals surface area contributed by atoms with Crippen LogP contribution in [0.1, 0.15) is 5.56 Å². The van der Waals surface area contributed by atoms with E-state index < -0.39 is 27.0 Å². The summed E-state index contributed by atoms with van der Waals surface area (Å²) >= 11 is 0. The zero-order valence-corrected chi connectivity index (χ0v) is 16.4. The summed E-state index contributed by atoms with van der Waals surface area (Å²) in [6.45, 7) is 1.52. The Kier molecular flexibility index (Phi) is 5.79. The molecule has 1 amide bonds. The minimum atomic E-state index is -4.45. The topological polar surface area (TPSA) is 116 Å². The van der Waals surface area contributed by atoms with Crippen LogP contribution >= 0.6 is 0 Å². The summed E-state index contributed by atoms with van der Waals surface area (Å²) < 4.78 is 42.6. The Labute approximate surface area is 171 Å². The van der Waals surface area contributed by atoms with E-state index in [0.29, 0.717) is 16.7 Å². The lowest BCUT2D eigenvalue weighted by molar-refractivity contribution is -0.384. The molecule has 0 aliphatic carbocycles. The molecular weight excluding hydrogens is 415 g/mol. The highest BCUT2D eigenvalue weighted by Crippen LogP contribution is 2.25. The van der Waals surface area contributed by atoms with Crippen LogP contribution in [-0.4, -0.2) is 19.4 Å². The van der Waals surface area contributed by atoms with E-state index in [1.54, 1.807) is 6.07 Å². The number of benzene rings is 3. The molecule has 0 aromatic heterocycles. The quantitative estimate of drug-likeness (QED) is 0.358. The molecule has 0 bridgehead atoms. The van der Waals surface area contributed by atoms with E-state index in [-0.39, 0.29) is 16.3 Å². The average Bonchev–Trinajstić information content (AvgIpc) is 2.69. The van der Waals surface area contributed by atoms with E-state index in [9.17, 15) is 27.7 Å². The Morgan fingerprint density at radius 2 is 1.73 bits per heavy atom. The summed E-state index contributed by atoms with van der Waals surface area (Å²) in [7, 11) is -4.45. The fourth-order valence-electron chi connectivity index (χ4n) is 2.65. The number of anilines is 1. The van der Waals surface area contributed by atoms with Gasteiger partial charge in [0.15, 0.2) is 0 Å². The van der Waals surface area contributed by atoms with Crippen molar-refractivity contribution in [1.29, 1.82) is 0 Å². The normalized spacial score (nSPS) is 11.0. The van der Waals surface area contributed by atoms with Crippen molar-refractivity contribution in [2.75, 3.05) is 5.32 Å². The summed E-state index contributed by atoms with van der Waals surface area (Å²) in [6, 6.07) is 14.8. The lowest BCUT2D eigenvalue weighted by Gasteiger charge is -2.10. The highest BCUT2D eigenvalue weighted by molar-refractivity contribution is 7.87.